The lowest BCUT2D eigenvalue weighted by atomic mass is 10.2. The number of benzene rings is 2. The van der Waals surface area contributed by atoms with E-state index in [0.717, 1.165) is 0 Å². The molecule has 29 heavy (non-hydrogen) atoms. The Morgan fingerprint density at radius 3 is 2.59 bits per heavy atom. The van der Waals surface area contributed by atoms with Crippen molar-refractivity contribution in [2.24, 2.45) is 0 Å². The van der Waals surface area contributed by atoms with E-state index >= 15 is 0 Å². The van der Waals surface area contributed by atoms with Gasteiger partial charge >= 0.3 is 5.88 Å². The van der Waals surface area contributed by atoms with Gasteiger partial charge < -0.3 is 4.42 Å². The third kappa shape index (κ3) is 3.65. The summed E-state index contributed by atoms with van der Waals surface area (Å²) in [6.07, 6.45) is 3.02. The van der Waals surface area contributed by atoms with Gasteiger partial charge in [-0.25, -0.2) is 4.98 Å². The van der Waals surface area contributed by atoms with E-state index in [0.29, 0.717) is 21.6 Å². The van der Waals surface area contributed by atoms with Crippen molar-refractivity contribution in [3.63, 3.8) is 0 Å². The standard InChI is InChI=1S/C20H11Cl2N3O4/c21-12-5-8-17(15(22)11-12)24-18(9-6-13-7-10-19(29-13)25(27)28)23-16-4-2-1-3-14(16)20(24)26/h1-11H/b9-6+. The Morgan fingerprint density at radius 2 is 1.86 bits per heavy atom. The number of hydrogen-bond acceptors (Lipinski definition) is 5. The summed E-state index contributed by atoms with van der Waals surface area (Å²) >= 11 is 12.3. The number of nitrogens with zero attached hydrogens (tertiary/aromatic N) is 3. The van der Waals surface area contributed by atoms with E-state index in [4.69, 9.17) is 27.6 Å². The van der Waals surface area contributed by atoms with Crippen LogP contribution < -0.4 is 5.56 Å². The van der Waals surface area contributed by atoms with E-state index in [2.05, 4.69) is 4.98 Å². The second-order valence-corrected chi connectivity index (χ2v) is 6.83. The minimum Gasteiger partial charge on any atom is -0.401 e. The number of nitro groups is 1. The summed E-state index contributed by atoms with van der Waals surface area (Å²) in [5.41, 5.74) is 0.596. The number of aromatic nitrogens is 2. The maximum Gasteiger partial charge on any atom is 0.433 e. The smallest absolute Gasteiger partial charge is 0.401 e. The van der Waals surface area contributed by atoms with Crippen molar-refractivity contribution < 1.29 is 9.34 Å². The van der Waals surface area contributed by atoms with Crippen LogP contribution in [-0.4, -0.2) is 14.5 Å². The fourth-order valence-corrected chi connectivity index (χ4v) is 3.34. The quantitative estimate of drug-likeness (QED) is 0.322. The Labute approximate surface area is 173 Å². The molecule has 9 heteroatoms. The number of para-hydroxylation sites is 1. The minimum absolute atomic E-state index is 0.243. The summed E-state index contributed by atoms with van der Waals surface area (Å²) in [4.78, 5) is 27.9. The third-order valence-corrected chi connectivity index (χ3v) is 4.68. The molecule has 0 saturated heterocycles. The lowest BCUT2D eigenvalue weighted by Crippen LogP contribution is -2.22. The molecule has 2 heterocycles. The monoisotopic (exact) mass is 427 g/mol. The van der Waals surface area contributed by atoms with E-state index in [9.17, 15) is 14.9 Å². The van der Waals surface area contributed by atoms with E-state index in [-0.39, 0.29) is 28.1 Å². The summed E-state index contributed by atoms with van der Waals surface area (Å²) in [5.74, 6) is 0.138. The molecule has 7 nitrogen and oxygen atoms in total. The van der Waals surface area contributed by atoms with Crippen molar-refractivity contribution >= 4 is 52.1 Å². The molecule has 2 aromatic heterocycles. The SMILES string of the molecule is O=c1c2ccccc2nc(/C=C/c2ccc([N+](=O)[O-])o2)n1-c1ccc(Cl)cc1Cl. The molecule has 4 rings (SSSR count). The highest BCUT2D eigenvalue weighted by atomic mass is 35.5. The van der Waals surface area contributed by atoms with Gasteiger partial charge in [0, 0.05) is 5.02 Å². The lowest BCUT2D eigenvalue weighted by molar-refractivity contribution is -0.402. The van der Waals surface area contributed by atoms with Gasteiger partial charge in [0.15, 0.2) is 0 Å². The zero-order valence-corrected chi connectivity index (χ0v) is 16.1. The molecule has 0 amide bonds. The van der Waals surface area contributed by atoms with Gasteiger partial charge in [0.1, 0.15) is 16.5 Å². The van der Waals surface area contributed by atoms with Crippen LogP contribution in [0.15, 0.2) is 63.8 Å². The van der Waals surface area contributed by atoms with Crippen LogP contribution in [-0.2, 0) is 0 Å². The summed E-state index contributed by atoms with van der Waals surface area (Å²) in [6.45, 7) is 0. The molecule has 0 fully saturated rings. The molecule has 0 atom stereocenters. The van der Waals surface area contributed by atoms with Crippen LogP contribution in [0.5, 0.6) is 0 Å². The van der Waals surface area contributed by atoms with E-state index in [1.165, 1.54) is 34.9 Å². The lowest BCUT2D eigenvalue weighted by Gasteiger charge is -2.13. The zero-order chi connectivity index (χ0) is 20.5. The molecule has 0 aliphatic carbocycles. The first-order valence-corrected chi connectivity index (χ1v) is 9.09. The summed E-state index contributed by atoms with van der Waals surface area (Å²) in [7, 11) is 0. The Morgan fingerprint density at radius 1 is 1.07 bits per heavy atom. The molecule has 144 valence electrons. The largest absolute Gasteiger partial charge is 0.433 e. The second-order valence-electron chi connectivity index (χ2n) is 5.99. The van der Waals surface area contributed by atoms with Crippen molar-refractivity contribution in [2.75, 3.05) is 0 Å². The topological polar surface area (TPSA) is 91.2 Å². The van der Waals surface area contributed by atoms with Crippen LogP contribution in [0.4, 0.5) is 5.88 Å². The molecule has 0 unspecified atom stereocenters. The fourth-order valence-electron chi connectivity index (χ4n) is 2.84. The average Bonchev–Trinajstić information content (AvgIpc) is 3.17. The Bertz CT molecular complexity index is 1340. The van der Waals surface area contributed by atoms with Crippen LogP contribution in [0.25, 0.3) is 28.7 Å². The van der Waals surface area contributed by atoms with Crippen LogP contribution in [0.1, 0.15) is 11.6 Å². The van der Waals surface area contributed by atoms with Crippen molar-refractivity contribution in [1.82, 2.24) is 9.55 Å². The normalized spacial score (nSPS) is 11.4. The summed E-state index contributed by atoms with van der Waals surface area (Å²) < 4.78 is 6.48. The Balaban J connectivity index is 1.92. The third-order valence-electron chi connectivity index (χ3n) is 4.14. The number of fused-ring (bicyclic) bond motifs is 1. The van der Waals surface area contributed by atoms with Crippen LogP contribution in [0, 0.1) is 10.1 Å². The fraction of sp³-hybridized carbons (Fsp3) is 0. The highest BCUT2D eigenvalue weighted by Gasteiger charge is 2.15. The Kier molecular flexibility index (Phi) is 4.92. The highest BCUT2D eigenvalue weighted by Crippen LogP contribution is 2.26. The summed E-state index contributed by atoms with van der Waals surface area (Å²) in [5, 5.41) is 11.9. The van der Waals surface area contributed by atoms with Crippen molar-refractivity contribution in [3.05, 3.63) is 96.7 Å². The van der Waals surface area contributed by atoms with Gasteiger partial charge in [-0.3, -0.25) is 19.5 Å². The predicted molar refractivity (Wildman–Crippen MR) is 112 cm³/mol. The first kappa shape index (κ1) is 18.9. The summed E-state index contributed by atoms with van der Waals surface area (Å²) in [6, 6.07) is 14.4. The molecule has 0 bridgehead atoms. The van der Waals surface area contributed by atoms with Gasteiger partial charge in [0.2, 0.25) is 0 Å². The van der Waals surface area contributed by atoms with Gasteiger partial charge in [-0.1, -0.05) is 35.3 Å². The highest BCUT2D eigenvalue weighted by molar-refractivity contribution is 6.35. The van der Waals surface area contributed by atoms with E-state index in [1.807, 2.05) is 0 Å². The maximum absolute atomic E-state index is 13.2. The van der Waals surface area contributed by atoms with Crippen LogP contribution >= 0.6 is 23.2 Å². The van der Waals surface area contributed by atoms with Gasteiger partial charge in [-0.2, -0.15) is 0 Å². The Hall–Kier alpha value is -3.42. The first-order chi connectivity index (χ1) is 13.9. The minimum atomic E-state index is -0.630. The molecule has 0 aliphatic heterocycles. The number of hydrogen-bond donors (Lipinski definition) is 0. The molecule has 0 N–H and O–H groups in total. The first-order valence-electron chi connectivity index (χ1n) is 8.33. The number of halogens is 2. The molecule has 2 aromatic carbocycles. The molecule has 0 saturated carbocycles. The van der Waals surface area contributed by atoms with Gasteiger partial charge in [0.05, 0.1) is 27.7 Å². The zero-order valence-electron chi connectivity index (χ0n) is 14.6. The molecule has 4 aromatic rings. The molecule has 0 radical (unpaired) electrons. The van der Waals surface area contributed by atoms with Crippen molar-refractivity contribution in [3.8, 4) is 5.69 Å². The van der Waals surface area contributed by atoms with Crippen LogP contribution in [0.2, 0.25) is 10.0 Å². The molecule has 0 aliphatic rings. The maximum atomic E-state index is 13.2. The van der Waals surface area contributed by atoms with E-state index < -0.39 is 4.92 Å². The molecular weight excluding hydrogens is 417 g/mol. The molecular formula is C20H11Cl2N3O4. The van der Waals surface area contributed by atoms with Crippen LogP contribution in [0.3, 0.4) is 0 Å². The van der Waals surface area contributed by atoms with E-state index in [1.54, 1.807) is 36.4 Å². The number of furan rings is 1. The molecule has 0 spiro atoms. The van der Waals surface area contributed by atoms with Gasteiger partial charge in [-0.05, 0) is 48.6 Å². The van der Waals surface area contributed by atoms with Crippen molar-refractivity contribution in [2.45, 2.75) is 0 Å². The number of rotatable bonds is 4. The second kappa shape index (κ2) is 7.54. The average molecular weight is 428 g/mol. The predicted octanol–water partition coefficient (Wildman–Crippen LogP) is 5.36. The van der Waals surface area contributed by atoms with Gasteiger partial charge in [-0.15, -0.1) is 0 Å². The van der Waals surface area contributed by atoms with Crippen molar-refractivity contribution in [1.29, 1.82) is 0 Å². The van der Waals surface area contributed by atoms with Gasteiger partial charge in [0.25, 0.3) is 5.56 Å².